The Bertz CT molecular complexity index is 434. The topological polar surface area (TPSA) is 52.9 Å². The van der Waals surface area contributed by atoms with Crippen LogP contribution in [0.2, 0.25) is 0 Å². The normalized spacial score (nSPS) is 13.4. The first-order valence-electron chi connectivity index (χ1n) is 3.73. The Hall–Kier alpha value is -1.89. The number of rotatable bonds is 0. The standard InChI is InChI=1S/C9H5FN2O/c10-7-2-1-5-4-12-9(13)8(5)6(7)3-11/h1-2H,4H2,(H,12,13). The van der Waals surface area contributed by atoms with E-state index in [1.807, 2.05) is 0 Å². The SMILES string of the molecule is N#Cc1c(F)ccc2c1C(=O)NC2. The minimum absolute atomic E-state index is 0.160. The summed E-state index contributed by atoms with van der Waals surface area (Å²) in [5.74, 6) is -1.01. The largest absolute Gasteiger partial charge is 0.348 e. The van der Waals surface area contributed by atoms with E-state index in [1.165, 1.54) is 12.1 Å². The van der Waals surface area contributed by atoms with Crippen LogP contribution >= 0.6 is 0 Å². The molecule has 4 heteroatoms. The monoisotopic (exact) mass is 176 g/mol. The van der Waals surface area contributed by atoms with Crippen LogP contribution in [-0.2, 0) is 6.54 Å². The van der Waals surface area contributed by atoms with Gasteiger partial charge in [-0.15, -0.1) is 0 Å². The second-order valence-electron chi connectivity index (χ2n) is 2.75. The van der Waals surface area contributed by atoms with Crippen molar-refractivity contribution >= 4 is 5.91 Å². The number of nitrogens with one attached hydrogen (secondary N) is 1. The molecule has 0 saturated heterocycles. The third kappa shape index (κ3) is 0.975. The van der Waals surface area contributed by atoms with Crippen LogP contribution in [0, 0.1) is 17.1 Å². The molecule has 1 amide bonds. The van der Waals surface area contributed by atoms with Crippen LogP contribution in [0.5, 0.6) is 0 Å². The van der Waals surface area contributed by atoms with Crippen LogP contribution in [0.3, 0.4) is 0 Å². The van der Waals surface area contributed by atoms with E-state index in [0.29, 0.717) is 12.1 Å². The highest BCUT2D eigenvalue weighted by atomic mass is 19.1. The van der Waals surface area contributed by atoms with Crippen molar-refractivity contribution in [1.82, 2.24) is 5.32 Å². The molecule has 2 rings (SSSR count). The predicted octanol–water partition coefficient (Wildman–Crippen LogP) is 0.941. The first-order chi connectivity index (χ1) is 6.24. The number of halogens is 1. The van der Waals surface area contributed by atoms with Crippen LogP contribution in [0.1, 0.15) is 21.5 Å². The summed E-state index contributed by atoms with van der Waals surface area (Å²) in [6.45, 7) is 0.378. The molecular formula is C9H5FN2O. The fourth-order valence-corrected chi connectivity index (χ4v) is 1.40. The number of carbonyl (C=O) groups excluding carboxylic acids is 1. The smallest absolute Gasteiger partial charge is 0.253 e. The molecule has 0 fully saturated rings. The number of amides is 1. The van der Waals surface area contributed by atoms with Crippen molar-refractivity contribution in [3.8, 4) is 6.07 Å². The average molecular weight is 176 g/mol. The molecule has 1 aromatic carbocycles. The third-order valence-corrected chi connectivity index (χ3v) is 2.02. The second-order valence-corrected chi connectivity index (χ2v) is 2.75. The van der Waals surface area contributed by atoms with Gasteiger partial charge in [0.2, 0.25) is 0 Å². The summed E-state index contributed by atoms with van der Waals surface area (Å²) in [4.78, 5) is 11.2. The van der Waals surface area contributed by atoms with E-state index in [0.717, 1.165) is 0 Å². The molecule has 1 aliphatic rings. The molecule has 1 heterocycles. The lowest BCUT2D eigenvalue weighted by molar-refractivity contribution is 0.0965. The summed E-state index contributed by atoms with van der Waals surface area (Å²) in [5, 5.41) is 11.2. The molecule has 0 unspecified atom stereocenters. The number of hydrogen-bond donors (Lipinski definition) is 1. The van der Waals surface area contributed by atoms with E-state index in [-0.39, 0.29) is 17.0 Å². The van der Waals surface area contributed by atoms with Crippen molar-refractivity contribution in [3.05, 3.63) is 34.6 Å². The minimum atomic E-state index is -0.640. The van der Waals surface area contributed by atoms with Crippen molar-refractivity contribution in [2.24, 2.45) is 0 Å². The number of fused-ring (bicyclic) bond motifs is 1. The van der Waals surface area contributed by atoms with Crippen molar-refractivity contribution in [2.75, 3.05) is 0 Å². The summed E-state index contributed by atoms with van der Waals surface area (Å²) < 4.78 is 13.0. The summed E-state index contributed by atoms with van der Waals surface area (Å²) in [5.41, 5.74) is 0.706. The maximum Gasteiger partial charge on any atom is 0.253 e. The molecule has 0 aromatic heterocycles. The Kier molecular flexibility index (Phi) is 1.52. The third-order valence-electron chi connectivity index (χ3n) is 2.02. The fourth-order valence-electron chi connectivity index (χ4n) is 1.40. The van der Waals surface area contributed by atoms with Crippen molar-refractivity contribution in [2.45, 2.75) is 6.54 Å². The summed E-state index contributed by atoms with van der Waals surface area (Å²) in [6.07, 6.45) is 0. The molecule has 0 bridgehead atoms. The average Bonchev–Trinajstić information content (AvgIpc) is 2.49. The highest BCUT2D eigenvalue weighted by Crippen LogP contribution is 2.21. The van der Waals surface area contributed by atoms with Gasteiger partial charge >= 0.3 is 0 Å². The van der Waals surface area contributed by atoms with Gasteiger partial charge in [0.1, 0.15) is 17.4 Å². The quantitative estimate of drug-likeness (QED) is 0.639. The zero-order valence-electron chi connectivity index (χ0n) is 6.60. The molecule has 64 valence electrons. The first kappa shape index (κ1) is 7.74. The van der Waals surface area contributed by atoms with Gasteiger partial charge in [0.25, 0.3) is 5.91 Å². The number of benzene rings is 1. The summed E-state index contributed by atoms with van der Waals surface area (Å²) in [7, 11) is 0. The van der Waals surface area contributed by atoms with E-state index >= 15 is 0 Å². The molecule has 1 N–H and O–H groups in total. The minimum Gasteiger partial charge on any atom is -0.348 e. The van der Waals surface area contributed by atoms with Gasteiger partial charge in [0.05, 0.1) is 5.56 Å². The second kappa shape index (κ2) is 2.56. The van der Waals surface area contributed by atoms with Crippen LogP contribution < -0.4 is 5.32 Å². The lowest BCUT2D eigenvalue weighted by Crippen LogP contribution is -2.13. The molecule has 0 radical (unpaired) electrons. The van der Waals surface area contributed by atoms with E-state index < -0.39 is 5.82 Å². The predicted molar refractivity (Wildman–Crippen MR) is 42.3 cm³/mol. The Morgan fingerprint density at radius 2 is 2.31 bits per heavy atom. The lowest BCUT2D eigenvalue weighted by atomic mass is 10.0. The van der Waals surface area contributed by atoms with E-state index in [2.05, 4.69) is 5.32 Å². The van der Waals surface area contributed by atoms with Crippen LogP contribution in [-0.4, -0.2) is 5.91 Å². The maximum atomic E-state index is 13.0. The van der Waals surface area contributed by atoms with Gasteiger partial charge in [-0.25, -0.2) is 4.39 Å². The van der Waals surface area contributed by atoms with Crippen molar-refractivity contribution in [1.29, 1.82) is 5.26 Å². The Morgan fingerprint density at radius 1 is 1.54 bits per heavy atom. The summed E-state index contributed by atoms with van der Waals surface area (Å²) >= 11 is 0. The molecule has 0 saturated carbocycles. The summed E-state index contributed by atoms with van der Waals surface area (Å²) in [6, 6.07) is 4.41. The molecule has 0 atom stereocenters. The molecule has 13 heavy (non-hydrogen) atoms. The van der Waals surface area contributed by atoms with Crippen LogP contribution in [0.25, 0.3) is 0 Å². The van der Waals surface area contributed by atoms with Crippen LogP contribution in [0.15, 0.2) is 12.1 Å². The Morgan fingerprint density at radius 3 is 3.00 bits per heavy atom. The first-order valence-corrected chi connectivity index (χ1v) is 3.73. The Labute approximate surface area is 73.8 Å². The van der Waals surface area contributed by atoms with Gasteiger partial charge in [-0.05, 0) is 11.6 Å². The Balaban J connectivity index is 2.76. The fraction of sp³-hybridized carbons (Fsp3) is 0.111. The van der Waals surface area contributed by atoms with E-state index in [9.17, 15) is 9.18 Å². The van der Waals surface area contributed by atoms with Crippen molar-refractivity contribution < 1.29 is 9.18 Å². The number of carbonyl (C=O) groups is 1. The van der Waals surface area contributed by atoms with Gasteiger partial charge in [0.15, 0.2) is 0 Å². The van der Waals surface area contributed by atoms with E-state index in [4.69, 9.17) is 5.26 Å². The van der Waals surface area contributed by atoms with Crippen LogP contribution in [0.4, 0.5) is 4.39 Å². The molecule has 3 nitrogen and oxygen atoms in total. The molecular weight excluding hydrogens is 171 g/mol. The lowest BCUT2D eigenvalue weighted by Gasteiger charge is -1.98. The molecule has 0 aliphatic carbocycles. The molecule has 1 aliphatic heterocycles. The van der Waals surface area contributed by atoms with Gasteiger partial charge in [-0.2, -0.15) is 5.26 Å². The zero-order chi connectivity index (χ0) is 9.42. The van der Waals surface area contributed by atoms with Gasteiger partial charge in [-0.1, -0.05) is 6.07 Å². The number of nitrogens with zero attached hydrogens (tertiary/aromatic N) is 1. The van der Waals surface area contributed by atoms with Gasteiger partial charge in [0, 0.05) is 6.54 Å². The highest BCUT2D eigenvalue weighted by molar-refractivity contribution is 6.00. The van der Waals surface area contributed by atoms with Gasteiger partial charge < -0.3 is 5.32 Å². The van der Waals surface area contributed by atoms with Gasteiger partial charge in [-0.3, -0.25) is 4.79 Å². The number of hydrogen-bond acceptors (Lipinski definition) is 2. The van der Waals surface area contributed by atoms with Crippen molar-refractivity contribution in [3.63, 3.8) is 0 Å². The van der Waals surface area contributed by atoms with E-state index in [1.54, 1.807) is 6.07 Å². The molecule has 1 aromatic rings. The molecule has 0 spiro atoms. The highest BCUT2D eigenvalue weighted by Gasteiger charge is 2.24. The maximum absolute atomic E-state index is 13.0. The number of nitriles is 1. The zero-order valence-corrected chi connectivity index (χ0v) is 6.60.